The number of urea groups is 1. The molecule has 0 aliphatic carbocycles. The van der Waals surface area contributed by atoms with Crippen LogP contribution in [0.15, 0.2) is 47.1 Å². The lowest BCUT2D eigenvalue weighted by Gasteiger charge is -2.19. The Kier molecular flexibility index (Phi) is 5.12. The van der Waals surface area contributed by atoms with Gasteiger partial charge in [0.2, 0.25) is 0 Å². The van der Waals surface area contributed by atoms with Gasteiger partial charge in [-0.15, -0.1) is 0 Å². The minimum atomic E-state index is -1.11. The molecule has 3 amide bonds. The van der Waals surface area contributed by atoms with Crippen molar-refractivity contribution in [1.82, 2.24) is 5.32 Å². The van der Waals surface area contributed by atoms with Crippen LogP contribution in [0.25, 0.3) is 21.7 Å². The molecule has 0 unspecified atom stereocenters. The Bertz CT molecular complexity index is 1020. The van der Waals surface area contributed by atoms with Crippen molar-refractivity contribution < 1.29 is 23.5 Å². The molecule has 1 atom stereocenters. The second-order valence-electron chi connectivity index (χ2n) is 6.61. The number of benzene rings is 2. The van der Waals surface area contributed by atoms with Gasteiger partial charge in [-0.25, -0.2) is 4.79 Å². The van der Waals surface area contributed by atoms with Gasteiger partial charge in [-0.2, -0.15) is 0 Å². The molecule has 0 saturated carbocycles. The summed E-state index contributed by atoms with van der Waals surface area (Å²) in [5, 5.41) is 4.79. The molecule has 3 aromatic rings. The molecule has 140 valence electrons. The lowest BCUT2D eigenvalue weighted by Crippen LogP contribution is -2.45. The third kappa shape index (κ3) is 3.92. The number of hydrogen-bond acceptors (Lipinski definition) is 5. The number of furan rings is 1. The highest BCUT2D eigenvalue weighted by Crippen LogP contribution is 2.30. The molecule has 3 rings (SSSR count). The molecule has 1 aromatic heterocycles. The average molecular weight is 368 g/mol. The van der Waals surface area contributed by atoms with Gasteiger partial charge in [0.05, 0.1) is 12.7 Å². The first-order chi connectivity index (χ1) is 12.9. The van der Waals surface area contributed by atoms with E-state index < -0.39 is 24.0 Å². The van der Waals surface area contributed by atoms with E-state index in [0.717, 1.165) is 16.2 Å². The molecule has 0 fully saturated rings. The van der Waals surface area contributed by atoms with Crippen molar-refractivity contribution in [2.75, 3.05) is 0 Å². The summed E-state index contributed by atoms with van der Waals surface area (Å²) in [4.78, 5) is 35.3. The van der Waals surface area contributed by atoms with Gasteiger partial charge in [0.1, 0.15) is 5.58 Å². The van der Waals surface area contributed by atoms with E-state index in [2.05, 4.69) is 0 Å². The molecule has 0 bridgehead atoms. The van der Waals surface area contributed by atoms with Crippen LogP contribution in [0.4, 0.5) is 4.79 Å². The maximum atomic E-state index is 12.4. The Morgan fingerprint density at radius 2 is 1.89 bits per heavy atom. The fraction of sp³-hybridized carbons (Fsp3) is 0.250. The van der Waals surface area contributed by atoms with Crippen LogP contribution in [-0.4, -0.2) is 24.0 Å². The number of ether oxygens (including phenoxy) is 1. The van der Waals surface area contributed by atoms with Crippen LogP contribution >= 0.6 is 0 Å². The number of nitrogens with two attached hydrogens (primary N) is 1. The van der Waals surface area contributed by atoms with Crippen LogP contribution in [0.1, 0.15) is 19.4 Å². The van der Waals surface area contributed by atoms with Crippen LogP contribution in [0.5, 0.6) is 0 Å². The SMILES string of the molecule is CC(C)[C@H](OC(=O)Cc1coc2ccc3ccccc3c12)C(=O)NC(N)=O. The Morgan fingerprint density at radius 1 is 1.15 bits per heavy atom. The zero-order valence-corrected chi connectivity index (χ0v) is 15.0. The highest BCUT2D eigenvalue weighted by atomic mass is 16.5. The first-order valence-electron chi connectivity index (χ1n) is 8.54. The van der Waals surface area contributed by atoms with E-state index in [9.17, 15) is 14.4 Å². The van der Waals surface area contributed by atoms with E-state index >= 15 is 0 Å². The van der Waals surface area contributed by atoms with Gasteiger partial charge < -0.3 is 14.9 Å². The first-order valence-corrected chi connectivity index (χ1v) is 8.54. The lowest BCUT2D eigenvalue weighted by molar-refractivity contribution is -0.157. The maximum Gasteiger partial charge on any atom is 0.318 e. The predicted molar refractivity (Wildman–Crippen MR) is 99.9 cm³/mol. The van der Waals surface area contributed by atoms with E-state index in [4.69, 9.17) is 14.9 Å². The van der Waals surface area contributed by atoms with Crippen molar-refractivity contribution in [2.45, 2.75) is 26.4 Å². The van der Waals surface area contributed by atoms with Crippen molar-refractivity contribution in [2.24, 2.45) is 11.7 Å². The number of hydrogen-bond donors (Lipinski definition) is 2. The van der Waals surface area contributed by atoms with Gasteiger partial charge in [-0.1, -0.05) is 44.2 Å². The molecule has 0 aliphatic heterocycles. The Morgan fingerprint density at radius 3 is 2.59 bits per heavy atom. The smallest absolute Gasteiger partial charge is 0.318 e. The predicted octanol–water partition coefficient (Wildman–Crippen LogP) is 2.89. The molecule has 3 N–H and O–H groups in total. The van der Waals surface area contributed by atoms with Crippen LogP contribution in [0.3, 0.4) is 0 Å². The number of amides is 3. The lowest BCUT2D eigenvalue weighted by atomic mass is 10.0. The molecule has 0 aliphatic rings. The number of esters is 1. The number of fused-ring (bicyclic) bond motifs is 3. The number of primary amides is 1. The summed E-state index contributed by atoms with van der Waals surface area (Å²) in [7, 11) is 0. The van der Waals surface area contributed by atoms with E-state index in [0.29, 0.717) is 11.1 Å². The zero-order valence-electron chi connectivity index (χ0n) is 15.0. The summed E-state index contributed by atoms with van der Waals surface area (Å²) in [5.41, 5.74) is 6.30. The Hall–Kier alpha value is -3.35. The Labute approximate surface area is 155 Å². The number of carbonyl (C=O) groups excluding carboxylic acids is 3. The van der Waals surface area contributed by atoms with Crippen molar-refractivity contribution in [3.05, 3.63) is 48.2 Å². The summed E-state index contributed by atoms with van der Waals surface area (Å²) in [6.07, 6.45) is 0.347. The number of rotatable bonds is 5. The van der Waals surface area contributed by atoms with Crippen LogP contribution in [0.2, 0.25) is 0 Å². The van der Waals surface area contributed by atoms with Crippen molar-refractivity contribution in [1.29, 1.82) is 0 Å². The summed E-state index contributed by atoms with van der Waals surface area (Å²) < 4.78 is 10.9. The van der Waals surface area contributed by atoms with Crippen LogP contribution < -0.4 is 11.1 Å². The molecular weight excluding hydrogens is 348 g/mol. The molecule has 27 heavy (non-hydrogen) atoms. The maximum absolute atomic E-state index is 12.4. The standard InChI is InChI=1S/C20H20N2O5/c1-11(2)18(19(24)22-20(21)25)27-16(23)9-13-10-26-15-8-7-12-5-3-4-6-14(12)17(13)15/h3-8,10-11,18H,9H2,1-2H3,(H3,21,22,24,25)/t18-/m0/s1. The Balaban J connectivity index is 1.84. The molecule has 1 heterocycles. The van der Waals surface area contributed by atoms with Gasteiger partial charge in [-0.3, -0.25) is 14.9 Å². The van der Waals surface area contributed by atoms with E-state index in [1.54, 1.807) is 13.8 Å². The third-order valence-electron chi connectivity index (χ3n) is 4.24. The van der Waals surface area contributed by atoms with E-state index in [1.165, 1.54) is 6.26 Å². The van der Waals surface area contributed by atoms with E-state index in [-0.39, 0.29) is 12.3 Å². The molecule has 0 spiro atoms. The normalized spacial score (nSPS) is 12.3. The molecule has 7 nitrogen and oxygen atoms in total. The average Bonchev–Trinajstić information content (AvgIpc) is 3.02. The number of carbonyl (C=O) groups is 3. The molecule has 0 radical (unpaired) electrons. The second-order valence-corrected chi connectivity index (χ2v) is 6.61. The molecule has 2 aromatic carbocycles. The number of imide groups is 1. The molecule has 0 saturated heterocycles. The van der Waals surface area contributed by atoms with Gasteiger partial charge in [0, 0.05) is 10.9 Å². The zero-order chi connectivity index (χ0) is 19.6. The fourth-order valence-electron chi connectivity index (χ4n) is 3.03. The highest BCUT2D eigenvalue weighted by molar-refractivity contribution is 6.08. The van der Waals surface area contributed by atoms with Crippen molar-refractivity contribution in [3.63, 3.8) is 0 Å². The van der Waals surface area contributed by atoms with Crippen molar-refractivity contribution in [3.8, 4) is 0 Å². The monoisotopic (exact) mass is 368 g/mol. The fourth-order valence-corrected chi connectivity index (χ4v) is 3.03. The quantitative estimate of drug-likeness (QED) is 0.673. The molecule has 7 heteroatoms. The highest BCUT2D eigenvalue weighted by Gasteiger charge is 2.28. The summed E-state index contributed by atoms with van der Waals surface area (Å²) >= 11 is 0. The minimum Gasteiger partial charge on any atom is -0.464 e. The van der Waals surface area contributed by atoms with Crippen LogP contribution in [0, 0.1) is 5.92 Å². The largest absolute Gasteiger partial charge is 0.464 e. The van der Waals surface area contributed by atoms with Gasteiger partial charge in [0.25, 0.3) is 5.91 Å². The third-order valence-corrected chi connectivity index (χ3v) is 4.24. The van der Waals surface area contributed by atoms with Gasteiger partial charge in [0.15, 0.2) is 6.10 Å². The molecular formula is C20H20N2O5. The topological polar surface area (TPSA) is 112 Å². The van der Waals surface area contributed by atoms with Gasteiger partial charge in [-0.05, 0) is 22.8 Å². The van der Waals surface area contributed by atoms with E-state index in [1.807, 2.05) is 41.7 Å². The minimum absolute atomic E-state index is 0.0614. The van der Waals surface area contributed by atoms with Gasteiger partial charge >= 0.3 is 12.0 Å². The summed E-state index contributed by atoms with van der Waals surface area (Å²) in [6.45, 7) is 3.42. The number of nitrogens with one attached hydrogen (secondary N) is 1. The van der Waals surface area contributed by atoms with Crippen molar-refractivity contribution >= 4 is 39.6 Å². The summed E-state index contributed by atoms with van der Waals surface area (Å²) in [5.74, 6) is -1.66. The summed E-state index contributed by atoms with van der Waals surface area (Å²) in [6, 6.07) is 10.6. The first kappa shape index (κ1) is 18.4. The second kappa shape index (κ2) is 7.49. The van der Waals surface area contributed by atoms with Crippen LogP contribution in [-0.2, 0) is 20.7 Å².